The van der Waals surface area contributed by atoms with E-state index in [0.29, 0.717) is 19.4 Å². The number of unbranched alkanes of at least 4 members (excludes halogenated alkanes) is 39. The number of carbonyl (C=O) groups is 2. The molecule has 0 rings (SSSR count). The molecule has 0 aliphatic carbocycles. The zero-order valence-corrected chi connectivity index (χ0v) is 47.3. The average molecular weight is 982 g/mol. The van der Waals surface area contributed by atoms with Crippen LogP contribution in [-0.2, 0) is 23.8 Å². The summed E-state index contributed by atoms with van der Waals surface area (Å²) in [6.07, 6.45) is 77.1. The summed E-state index contributed by atoms with van der Waals surface area (Å²) in [6.45, 7) is 7.83. The van der Waals surface area contributed by atoms with Crippen molar-refractivity contribution in [1.29, 1.82) is 0 Å². The summed E-state index contributed by atoms with van der Waals surface area (Å²) in [5, 5.41) is 0. The minimum Gasteiger partial charge on any atom is -0.462 e. The van der Waals surface area contributed by atoms with Crippen LogP contribution in [0.3, 0.4) is 0 Å². The minimum absolute atomic E-state index is 0.0822. The van der Waals surface area contributed by atoms with Crippen LogP contribution in [-0.4, -0.2) is 37.9 Å². The molecule has 1 unspecified atom stereocenters. The van der Waals surface area contributed by atoms with E-state index in [9.17, 15) is 9.59 Å². The summed E-state index contributed by atoms with van der Waals surface area (Å²) < 4.78 is 17.5. The van der Waals surface area contributed by atoms with Gasteiger partial charge in [-0.3, -0.25) is 9.59 Å². The van der Waals surface area contributed by atoms with Crippen LogP contribution in [0.25, 0.3) is 0 Å². The number of carbonyl (C=O) groups excluding carboxylic acids is 2. The third kappa shape index (κ3) is 58.4. The van der Waals surface area contributed by atoms with Gasteiger partial charge in [-0.05, 0) is 83.5 Å². The van der Waals surface area contributed by atoms with Crippen molar-refractivity contribution in [3.05, 3.63) is 48.6 Å². The van der Waals surface area contributed by atoms with Crippen LogP contribution < -0.4 is 0 Å². The fraction of sp³-hybridized carbons (Fsp3) is 0.846. The first-order chi connectivity index (χ1) is 34.6. The van der Waals surface area contributed by atoms with Crippen molar-refractivity contribution in [3.63, 3.8) is 0 Å². The highest BCUT2D eigenvalue weighted by atomic mass is 16.6. The Morgan fingerprint density at radius 1 is 0.314 bits per heavy atom. The standard InChI is InChI=1S/C65H120O5/c1-4-7-10-13-16-19-22-25-28-30-32-34-36-39-42-45-48-51-54-57-60-68-61-63(70-65(67)59-56-53-50-47-44-41-37-27-24-21-18-15-12-9-6-3)62-69-64(66)58-55-52-49-46-43-40-38-35-33-31-29-26-23-20-17-14-11-8-5-2/h16,19,25,27-28,32,34,37,63H,4-15,17-18,20-24,26,29-31,33,35-36,38-62H2,1-3H3/b19-16-,28-25-,34-32-,37-27-. The minimum atomic E-state index is -0.544. The fourth-order valence-corrected chi connectivity index (χ4v) is 9.16. The lowest BCUT2D eigenvalue weighted by Crippen LogP contribution is -2.30. The summed E-state index contributed by atoms with van der Waals surface area (Å²) in [5.41, 5.74) is 0. The van der Waals surface area contributed by atoms with Crippen molar-refractivity contribution in [3.8, 4) is 0 Å². The molecule has 5 nitrogen and oxygen atoms in total. The molecule has 0 saturated carbocycles. The van der Waals surface area contributed by atoms with Gasteiger partial charge in [-0.15, -0.1) is 0 Å². The zero-order valence-electron chi connectivity index (χ0n) is 47.3. The number of esters is 2. The maximum atomic E-state index is 12.9. The molecule has 0 N–H and O–H groups in total. The molecule has 0 aromatic rings. The number of hydrogen-bond acceptors (Lipinski definition) is 5. The Morgan fingerprint density at radius 2 is 0.600 bits per heavy atom. The van der Waals surface area contributed by atoms with Gasteiger partial charge in [-0.25, -0.2) is 0 Å². The molecule has 0 fully saturated rings. The topological polar surface area (TPSA) is 61.8 Å². The number of rotatable bonds is 58. The second kappa shape index (κ2) is 61.2. The molecular weight excluding hydrogens is 861 g/mol. The Hall–Kier alpha value is -2.14. The van der Waals surface area contributed by atoms with Gasteiger partial charge < -0.3 is 14.2 Å². The quantitative estimate of drug-likeness (QED) is 0.0345. The monoisotopic (exact) mass is 981 g/mol. The van der Waals surface area contributed by atoms with E-state index in [1.54, 1.807) is 0 Å². The van der Waals surface area contributed by atoms with E-state index in [2.05, 4.69) is 69.4 Å². The number of ether oxygens (including phenoxy) is 3. The van der Waals surface area contributed by atoms with Gasteiger partial charge >= 0.3 is 11.9 Å². The van der Waals surface area contributed by atoms with Crippen molar-refractivity contribution in [2.75, 3.05) is 19.8 Å². The molecule has 0 bridgehead atoms. The van der Waals surface area contributed by atoms with E-state index < -0.39 is 6.10 Å². The molecule has 0 aromatic carbocycles. The van der Waals surface area contributed by atoms with Crippen LogP contribution in [0, 0.1) is 0 Å². The highest BCUT2D eigenvalue weighted by molar-refractivity contribution is 5.70. The second-order valence-electron chi connectivity index (χ2n) is 21.0. The first kappa shape index (κ1) is 67.9. The highest BCUT2D eigenvalue weighted by Crippen LogP contribution is 2.17. The third-order valence-electron chi connectivity index (χ3n) is 13.8. The largest absolute Gasteiger partial charge is 0.462 e. The molecule has 0 radical (unpaired) electrons. The Bertz CT molecular complexity index is 1150. The average Bonchev–Trinajstić information content (AvgIpc) is 3.36. The summed E-state index contributed by atoms with van der Waals surface area (Å²) in [4.78, 5) is 25.6. The zero-order chi connectivity index (χ0) is 50.6. The van der Waals surface area contributed by atoms with Gasteiger partial charge in [0.15, 0.2) is 6.10 Å². The van der Waals surface area contributed by atoms with Crippen LogP contribution >= 0.6 is 0 Å². The smallest absolute Gasteiger partial charge is 0.306 e. The van der Waals surface area contributed by atoms with Crippen LogP contribution in [0.15, 0.2) is 48.6 Å². The van der Waals surface area contributed by atoms with Gasteiger partial charge in [0.25, 0.3) is 0 Å². The molecular formula is C65H120O5. The maximum Gasteiger partial charge on any atom is 0.306 e. The Balaban J connectivity index is 4.25. The molecule has 0 aromatic heterocycles. The van der Waals surface area contributed by atoms with Crippen molar-refractivity contribution >= 4 is 11.9 Å². The molecule has 0 saturated heterocycles. The number of allylic oxidation sites excluding steroid dienone is 8. The van der Waals surface area contributed by atoms with Crippen LogP contribution in [0.2, 0.25) is 0 Å². The van der Waals surface area contributed by atoms with Crippen molar-refractivity contribution < 1.29 is 23.8 Å². The van der Waals surface area contributed by atoms with Crippen molar-refractivity contribution in [1.82, 2.24) is 0 Å². The molecule has 70 heavy (non-hydrogen) atoms. The van der Waals surface area contributed by atoms with E-state index in [1.165, 1.54) is 231 Å². The van der Waals surface area contributed by atoms with E-state index in [1.807, 2.05) is 0 Å². The third-order valence-corrected chi connectivity index (χ3v) is 13.8. The van der Waals surface area contributed by atoms with Crippen molar-refractivity contribution in [2.45, 2.75) is 335 Å². The second-order valence-corrected chi connectivity index (χ2v) is 21.0. The molecule has 0 heterocycles. The predicted octanol–water partition coefficient (Wildman–Crippen LogP) is 21.5. The van der Waals surface area contributed by atoms with Crippen LogP contribution in [0.4, 0.5) is 0 Å². The normalized spacial score (nSPS) is 12.4. The van der Waals surface area contributed by atoms with Gasteiger partial charge in [0.05, 0.1) is 6.61 Å². The van der Waals surface area contributed by atoms with Crippen LogP contribution in [0.5, 0.6) is 0 Å². The van der Waals surface area contributed by atoms with Crippen molar-refractivity contribution in [2.24, 2.45) is 0 Å². The Kier molecular flexibility index (Phi) is 59.3. The molecule has 1 atom stereocenters. The van der Waals surface area contributed by atoms with E-state index in [0.717, 1.165) is 64.2 Å². The maximum absolute atomic E-state index is 12.9. The summed E-state index contributed by atoms with van der Waals surface area (Å²) >= 11 is 0. The van der Waals surface area contributed by atoms with E-state index in [-0.39, 0.29) is 25.2 Å². The van der Waals surface area contributed by atoms with Gasteiger partial charge in [0.1, 0.15) is 6.61 Å². The van der Waals surface area contributed by atoms with Gasteiger partial charge in [-0.2, -0.15) is 0 Å². The van der Waals surface area contributed by atoms with Gasteiger partial charge in [-0.1, -0.05) is 281 Å². The Morgan fingerprint density at radius 3 is 1.00 bits per heavy atom. The number of hydrogen-bond donors (Lipinski definition) is 0. The van der Waals surface area contributed by atoms with E-state index >= 15 is 0 Å². The SMILES string of the molecule is CCCCC/C=C\C/C=C\C/C=C\CCCCCCCCCOCC(COC(=O)CCCCCCCCCCCCCCCCCCCCC)OC(=O)CCCCCCC/C=C\CCCCCCCC. The summed E-state index contributed by atoms with van der Waals surface area (Å²) in [7, 11) is 0. The summed E-state index contributed by atoms with van der Waals surface area (Å²) in [5.74, 6) is -0.393. The Labute approximate surface area is 437 Å². The van der Waals surface area contributed by atoms with Gasteiger partial charge in [0, 0.05) is 19.4 Å². The first-order valence-corrected chi connectivity index (χ1v) is 31.2. The lowest BCUT2D eigenvalue weighted by Gasteiger charge is -2.18. The molecule has 0 aliphatic heterocycles. The van der Waals surface area contributed by atoms with Crippen LogP contribution in [0.1, 0.15) is 329 Å². The highest BCUT2D eigenvalue weighted by Gasteiger charge is 2.17. The van der Waals surface area contributed by atoms with Gasteiger partial charge in [0.2, 0.25) is 0 Å². The summed E-state index contributed by atoms with van der Waals surface area (Å²) in [6, 6.07) is 0. The molecule has 0 aliphatic rings. The molecule has 0 spiro atoms. The van der Waals surface area contributed by atoms with E-state index in [4.69, 9.17) is 14.2 Å². The lowest BCUT2D eigenvalue weighted by atomic mass is 10.0. The predicted molar refractivity (Wildman–Crippen MR) is 307 cm³/mol. The lowest BCUT2D eigenvalue weighted by molar-refractivity contribution is -0.163. The first-order valence-electron chi connectivity index (χ1n) is 31.2. The molecule has 410 valence electrons. The molecule has 0 amide bonds. The molecule has 5 heteroatoms. The fourth-order valence-electron chi connectivity index (χ4n) is 9.16.